The number of amides is 3. The Morgan fingerprint density at radius 1 is 1.20 bits per heavy atom. The molecule has 0 bridgehead atoms. The lowest BCUT2D eigenvalue weighted by Gasteiger charge is -2.31. The van der Waals surface area contributed by atoms with Crippen LogP contribution in [0.4, 0.5) is 20.7 Å². The Bertz CT molecular complexity index is 752. The number of halogens is 1. The molecule has 0 radical (unpaired) electrons. The van der Waals surface area contributed by atoms with Crippen molar-refractivity contribution in [3.05, 3.63) is 41.9 Å². The summed E-state index contributed by atoms with van der Waals surface area (Å²) in [6.45, 7) is 2.70. The van der Waals surface area contributed by atoms with Crippen LogP contribution in [0.3, 0.4) is 0 Å². The monoisotopic (exact) mass is 346 g/mol. The van der Waals surface area contributed by atoms with Crippen molar-refractivity contribution >= 4 is 23.4 Å². The van der Waals surface area contributed by atoms with E-state index in [-0.39, 0.29) is 23.7 Å². The highest BCUT2D eigenvalue weighted by molar-refractivity contribution is 5.92. The summed E-state index contributed by atoms with van der Waals surface area (Å²) in [6, 6.07) is 7.00. The van der Waals surface area contributed by atoms with Gasteiger partial charge in [-0.1, -0.05) is 5.16 Å². The van der Waals surface area contributed by atoms with Crippen LogP contribution in [0.25, 0.3) is 0 Å². The van der Waals surface area contributed by atoms with Crippen molar-refractivity contribution in [2.24, 2.45) is 5.92 Å². The molecule has 3 amide bonds. The fraction of sp³-hybridized carbons (Fsp3) is 0.353. The zero-order valence-corrected chi connectivity index (χ0v) is 13.8. The molecule has 25 heavy (non-hydrogen) atoms. The predicted octanol–water partition coefficient (Wildman–Crippen LogP) is 3.00. The van der Waals surface area contributed by atoms with Crippen LogP contribution in [0.15, 0.2) is 34.9 Å². The average Bonchev–Trinajstić information content (AvgIpc) is 3.02. The maximum absolute atomic E-state index is 12.9. The maximum Gasteiger partial charge on any atom is 0.321 e. The van der Waals surface area contributed by atoms with Gasteiger partial charge in [0, 0.05) is 30.8 Å². The van der Waals surface area contributed by atoms with Crippen molar-refractivity contribution in [3.63, 3.8) is 0 Å². The van der Waals surface area contributed by atoms with E-state index in [1.54, 1.807) is 17.9 Å². The van der Waals surface area contributed by atoms with Crippen molar-refractivity contribution < 1.29 is 18.5 Å². The third-order valence-corrected chi connectivity index (χ3v) is 4.13. The van der Waals surface area contributed by atoms with Crippen LogP contribution in [0.1, 0.15) is 18.6 Å². The lowest BCUT2D eigenvalue weighted by Crippen LogP contribution is -2.43. The molecule has 132 valence electrons. The fourth-order valence-corrected chi connectivity index (χ4v) is 2.73. The number of aromatic nitrogens is 1. The number of hydrogen-bond donors (Lipinski definition) is 2. The van der Waals surface area contributed by atoms with E-state index < -0.39 is 0 Å². The highest BCUT2D eigenvalue weighted by atomic mass is 19.1. The SMILES string of the molecule is Cc1cc(NC(=O)C2CCN(C(=O)Nc3ccc(F)cc3)CC2)no1. The van der Waals surface area contributed by atoms with Gasteiger partial charge in [0.2, 0.25) is 5.91 Å². The summed E-state index contributed by atoms with van der Waals surface area (Å²) in [4.78, 5) is 26.1. The van der Waals surface area contributed by atoms with Crippen molar-refractivity contribution in [3.8, 4) is 0 Å². The second-order valence-corrected chi connectivity index (χ2v) is 6.01. The number of piperidine rings is 1. The Morgan fingerprint density at radius 2 is 1.88 bits per heavy atom. The van der Waals surface area contributed by atoms with Gasteiger partial charge < -0.3 is 20.1 Å². The normalized spacial score (nSPS) is 15.0. The molecule has 2 N–H and O–H groups in total. The topological polar surface area (TPSA) is 87.5 Å². The van der Waals surface area contributed by atoms with Gasteiger partial charge in [-0.05, 0) is 44.0 Å². The maximum atomic E-state index is 12.9. The highest BCUT2D eigenvalue weighted by Gasteiger charge is 2.27. The largest absolute Gasteiger partial charge is 0.360 e. The number of carbonyl (C=O) groups excluding carboxylic acids is 2. The smallest absolute Gasteiger partial charge is 0.321 e. The number of anilines is 2. The number of urea groups is 1. The Morgan fingerprint density at radius 3 is 2.48 bits per heavy atom. The molecule has 1 aromatic carbocycles. The summed E-state index contributed by atoms with van der Waals surface area (Å²) in [7, 11) is 0. The fourth-order valence-electron chi connectivity index (χ4n) is 2.73. The van der Waals surface area contributed by atoms with Gasteiger partial charge in [0.25, 0.3) is 0 Å². The highest BCUT2D eigenvalue weighted by Crippen LogP contribution is 2.20. The van der Waals surface area contributed by atoms with Crippen LogP contribution < -0.4 is 10.6 Å². The number of rotatable bonds is 3. The van der Waals surface area contributed by atoms with Crippen LogP contribution in [0, 0.1) is 18.7 Å². The van der Waals surface area contributed by atoms with Crippen LogP contribution in [0.2, 0.25) is 0 Å². The van der Waals surface area contributed by atoms with Gasteiger partial charge >= 0.3 is 6.03 Å². The Balaban J connectivity index is 1.48. The lowest BCUT2D eigenvalue weighted by molar-refractivity contribution is -0.121. The quantitative estimate of drug-likeness (QED) is 0.894. The number of hydrogen-bond acceptors (Lipinski definition) is 4. The second-order valence-electron chi connectivity index (χ2n) is 6.01. The van der Waals surface area contributed by atoms with E-state index in [0.717, 1.165) is 0 Å². The molecule has 3 rings (SSSR count). The number of carbonyl (C=O) groups is 2. The van der Waals surface area contributed by atoms with Crippen LogP contribution in [-0.2, 0) is 4.79 Å². The molecule has 1 saturated heterocycles. The third kappa shape index (κ3) is 4.34. The van der Waals surface area contributed by atoms with E-state index in [1.807, 2.05) is 0 Å². The number of nitrogens with zero attached hydrogens (tertiary/aromatic N) is 2. The molecule has 1 aliphatic rings. The molecule has 1 fully saturated rings. The first-order chi connectivity index (χ1) is 12.0. The average molecular weight is 346 g/mol. The van der Waals surface area contributed by atoms with E-state index in [9.17, 15) is 14.0 Å². The molecule has 2 aromatic rings. The van der Waals surface area contributed by atoms with Gasteiger partial charge in [0.05, 0.1) is 0 Å². The molecule has 8 heteroatoms. The van der Waals surface area contributed by atoms with Crippen molar-refractivity contribution in [2.45, 2.75) is 19.8 Å². The molecule has 0 atom stereocenters. The van der Waals surface area contributed by atoms with Gasteiger partial charge in [-0.3, -0.25) is 4.79 Å². The van der Waals surface area contributed by atoms with Crippen LogP contribution in [-0.4, -0.2) is 35.1 Å². The number of nitrogens with one attached hydrogen (secondary N) is 2. The Labute approximate surface area is 144 Å². The molecule has 0 aliphatic carbocycles. The molecule has 7 nitrogen and oxygen atoms in total. The summed E-state index contributed by atoms with van der Waals surface area (Å²) < 4.78 is 17.8. The number of aryl methyl sites for hydroxylation is 1. The molecular weight excluding hydrogens is 327 g/mol. The minimum absolute atomic E-state index is 0.119. The molecular formula is C17H19FN4O3. The van der Waals surface area contributed by atoms with E-state index in [0.29, 0.717) is 43.2 Å². The number of benzene rings is 1. The van der Waals surface area contributed by atoms with Crippen molar-refractivity contribution in [2.75, 3.05) is 23.7 Å². The number of likely N-dealkylation sites (tertiary alicyclic amines) is 1. The molecule has 1 aliphatic heterocycles. The predicted molar refractivity (Wildman–Crippen MR) is 89.6 cm³/mol. The van der Waals surface area contributed by atoms with E-state index in [2.05, 4.69) is 15.8 Å². The zero-order valence-electron chi connectivity index (χ0n) is 13.8. The van der Waals surface area contributed by atoms with Crippen molar-refractivity contribution in [1.29, 1.82) is 0 Å². The molecule has 2 heterocycles. The zero-order chi connectivity index (χ0) is 17.8. The minimum Gasteiger partial charge on any atom is -0.360 e. The minimum atomic E-state index is -0.355. The van der Waals surface area contributed by atoms with Crippen molar-refractivity contribution in [1.82, 2.24) is 10.1 Å². The third-order valence-electron chi connectivity index (χ3n) is 4.13. The second kappa shape index (κ2) is 7.33. The first-order valence-corrected chi connectivity index (χ1v) is 8.07. The Kier molecular flexibility index (Phi) is 4.97. The van der Waals surface area contributed by atoms with Gasteiger partial charge in [0.1, 0.15) is 11.6 Å². The van der Waals surface area contributed by atoms with Crippen LogP contribution >= 0.6 is 0 Å². The van der Waals surface area contributed by atoms with Crippen LogP contribution in [0.5, 0.6) is 0 Å². The molecule has 0 unspecified atom stereocenters. The summed E-state index contributed by atoms with van der Waals surface area (Å²) in [5.41, 5.74) is 0.535. The summed E-state index contributed by atoms with van der Waals surface area (Å²) in [5.74, 6) is 0.382. The molecule has 0 saturated carbocycles. The summed E-state index contributed by atoms with van der Waals surface area (Å²) in [6.07, 6.45) is 1.14. The molecule has 0 spiro atoms. The van der Waals surface area contributed by atoms with E-state index >= 15 is 0 Å². The lowest BCUT2D eigenvalue weighted by atomic mass is 9.96. The van der Waals surface area contributed by atoms with Gasteiger partial charge in [-0.2, -0.15) is 0 Å². The Hall–Kier alpha value is -2.90. The summed E-state index contributed by atoms with van der Waals surface area (Å²) >= 11 is 0. The van der Waals surface area contributed by atoms with Gasteiger partial charge in [0.15, 0.2) is 5.82 Å². The van der Waals surface area contributed by atoms with Gasteiger partial charge in [-0.15, -0.1) is 0 Å². The summed E-state index contributed by atoms with van der Waals surface area (Å²) in [5, 5.41) is 9.18. The van der Waals surface area contributed by atoms with Gasteiger partial charge in [-0.25, -0.2) is 9.18 Å². The first-order valence-electron chi connectivity index (χ1n) is 8.07. The molecule has 1 aromatic heterocycles. The first kappa shape index (κ1) is 16.9. The van der Waals surface area contributed by atoms with E-state index in [1.165, 1.54) is 24.3 Å². The standard InChI is InChI=1S/C17H19FN4O3/c1-11-10-15(21-25-11)20-16(23)12-6-8-22(9-7-12)17(24)19-14-4-2-13(18)3-5-14/h2-5,10,12H,6-9H2,1H3,(H,19,24)(H,20,21,23). The van der Waals surface area contributed by atoms with E-state index in [4.69, 9.17) is 4.52 Å².